The molecule has 1 heterocycles. The lowest BCUT2D eigenvalue weighted by Gasteiger charge is -2.15. The number of hydrogen-bond donors (Lipinski definition) is 0. The Kier molecular flexibility index (Phi) is 3.69. The van der Waals surface area contributed by atoms with Gasteiger partial charge in [0.05, 0.1) is 12.7 Å². The first-order valence-corrected chi connectivity index (χ1v) is 4.50. The van der Waals surface area contributed by atoms with Crippen LogP contribution in [0.4, 0.5) is 0 Å². The first-order chi connectivity index (χ1) is 5.74. The van der Waals surface area contributed by atoms with Crippen molar-refractivity contribution in [1.82, 2.24) is 0 Å². The molecule has 0 amide bonds. The molecule has 0 aromatic heterocycles. The number of carbonyl (C=O) groups excluding carboxylic acids is 1. The molecule has 2 unspecified atom stereocenters. The second-order valence-electron chi connectivity index (χ2n) is 3.08. The molecule has 0 N–H and O–H groups in total. The van der Waals surface area contributed by atoms with Crippen LogP contribution < -0.4 is 0 Å². The predicted octanol–water partition coefficient (Wildman–Crippen LogP) is 1.16. The zero-order chi connectivity index (χ0) is 8.97. The molecule has 0 spiro atoms. The molecule has 1 rings (SSSR count). The number of ether oxygens (including phenoxy) is 2. The highest BCUT2D eigenvalue weighted by Gasteiger charge is 2.21. The summed E-state index contributed by atoms with van der Waals surface area (Å²) in [4.78, 5) is 11.1. The smallest absolute Gasteiger partial charge is 0.161 e. The molecule has 0 bridgehead atoms. The Hall–Kier alpha value is -0.410. The molecule has 3 heteroatoms. The Balaban J connectivity index is 2.24. The second-order valence-corrected chi connectivity index (χ2v) is 3.08. The molecular formula is C9H16O3. The number of carbonyl (C=O) groups is 1. The molecule has 1 aliphatic rings. The van der Waals surface area contributed by atoms with Gasteiger partial charge in [-0.1, -0.05) is 6.92 Å². The van der Waals surface area contributed by atoms with E-state index in [1.165, 1.54) is 0 Å². The lowest BCUT2D eigenvalue weighted by molar-refractivity contribution is -0.132. The van der Waals surface area contributed by atoms with Crippen molar-refractivity contribution in [3.8, 4) is 0 Å². The Bertz CT molecular complexity index is 150. The lowest BCUT2D eigenvalue weighted by atomic mass is 10.2. The third-order valence-corrected chi connectivity index (χ3v) is 2.09. The Labute approximate surface area is 73.0 Å². The molecule has 1 fully saturated rings. The van der Waals surface area contributed by atoms with Crippen molar-refractivity contribution in [2.75, 3.05) is 13.2 Å². The zero-order valence-corrected chi connectivity index (χ0v) is 7.71. The molecule has 0 aliphatic carbocycles. The van der Waals surface area contributed by atoms with Crippen LogP contribution in [-0.4, -0.2) is 31.2 Å². The summed E-state index contributed by atoms with van der Waals surface area (Å²) in [7, 11) is 0. The highest BCUT2D eigenvalue weighted by atomic mass is 16.6. The van der Waals surface area contributed by atoms with Crippen LogP contribution >= 0.6 is 0 Å². The van der Waals surface area contributed by atoms with E-state index in [0.29, 0.717) is 13.0 Å². The van der Waals surface area contributed by atoms with Crippen molar-refractivity contribution in [2.24, 2.45) is 0 Å². The van der Waals surface area contributed by atoms with Gasteiger partial charge in [-0.15, -0.1) is 0 Å². The summed E-state index contributed by atoms with van der Waals surface area (Å²) >= 11 is 0. The third kappa shape index (κ3) is 2.57. The average molecular weight is 172 g/mol. The van der Waals surface area contributed by atoms with Gasteiger partial charge in [-0.3, -0.25) is 4.79 Å². The fraction of sp³-hybridized carbons (Fsp3) is 0.889. The molecule has 12 heavy (non-hydrogen) atoms. The largest absolute Gasteiger partial charge is 0.379 e. The van der Waals surface area contributed by atoms with Crippen molar-refractivity contribution in [1.29, 1.82) is 0 Å². The fourth-order valence-corrected chi connectivity index (χ4v) is 1.27. The van der Waals surface area contributed by atoms with Gasteiger partial charge in [0.25, 0.3) is 0 Å². The van der Waals surface area contributed by atoms with E-state index in [4.69, 9.17) is 9.47 Å². The standard InChI is InChI=1S/C9H16O3/c1-3-9(10)7(2)12-8-4-5-11-6-8/h7-8H,3-6H2,1-2H3. The monoisotopic (exact) mass is 172 g/mol. The lowest BCUT2D eigenvalue weighted by Crippen LogP contribution is -2.26. The Morgan fingerprint density at radius 3 is 3.00 bits per heavy atom. The quantitative estimate of drug-likeness (QED) is 0.638. The van der Waals surface area contributed by atoms with E-state index >= 15 is 0 Å². The summed E-state index contributed by atoms with van der Waals surface area (Å²) in [6.45, 7) is 5.07. The average Bonchev–Trinajstić information content (AvgIpc) is 2.55. The molecule has 0 aromatic carbocycles. The number of ketones is 1. The minimum absolute atomic E-state index is 0.135. The van der Waals surface area contributed by atoms with Gasteiger partial charge < -0.3 is 9.47 Å². The summed E-state index contributed by atoms with van der Waals surface area (Å²) in [5.74, 6) is 0.168. The van der Waals surface area contributed by atoms with Crippen LogP contribution in [0, 0.1) is 0 Å². The van der Waals surface area contributed by atoms with Crippen LogP contribution in [0.3, 0.4) is 0 Å². The SMILES string of the molecule is CCC(=O)C(C)OC1CCOC1. The molecule has 0 radical (unpaired) electrons. The van der Waals surface area contributed by atoms with Gasteiger partial charge in [-0.2, -0.15) is 0 Å². The summed E-state index contributed by atoms with van der Waals surface area (Å²) in [5, 5.41) is 0. The van der Waals surface area contributed by atoms with E-state index in [0.717, 1.165) is 13.0 Å². The van der Waals surface area contributed by atoms with Crippen molar-refractivity contribution in [3.05, 3.63) is 0 Å². The first-order valence-electron chi connectivity index (χ1n) is 4.50. The van der Waals surface area contributed by atoms with Gasteiger partial charge in [-0.05, 0) is 13.3 Å². The van der Waals surface area contributed by atoms with Gasteiger partial charge in [0.2, 0.25) is 0 Å². The number of Topliss-reactive ketones (excluding diaryl/α,β-unsaturated/α-hetero) is 1. The summed E-state index contributed by atoms with van der Waals surface area (Å²) in [5.41, 5.74) is 0. The predicted molar refractivity (Wildman–Crippen MR) is 45.1 cm³/mol. The molecule has 0 saturated carbocycles. The normalized spacial score (nSPS) is 25.7. The molecule has 3 nitrogen and oxygen atoms in total. The maximum Gasteiger partial charge on any atom is 0.161 e. The van der Waals surface area contributed by atoms with Gasteiger partial charge in [0.15, 0.2) is 5.78 Å². The summed E-state index contributed by atoms with van der Waals surface area (Å²) < 4.78 is 10.6. The minimum Gasteiger partial charge on any atom is -0.379 e. The summed E-state index contributed by atoms with van der Waals surface area (Å²) in [6.07, 6.45) is 1.34. The minimum atomic E-state index is -0.262. The van der Waals surface area contributed by atoms with Crippen LogP contribution in [-0.2, 0) is 14.3 Å². The van der Waals surface area contributed by atoms with Crippen LogP contribution in [0.15, 0.2) is 0 Å². The van der Waals surface area contributed by atoms with Crippen LogP contribution in [0.5, 0.6) is 0 Å². The number of hydrogen-bond acceptors (Lipinski definition) is 3. The maximum absolute atomic E-state index is 11.1. The Morgan fingerprint density at radius 1 is 1.75 bits per heavy atom. The number of rotatable bonds is 4. The van der Waals surface area contributed by atoms with Gasteiger partial charge in [0.1, 0.15) is 6.10 Å². The maximum atomic E-state index is 11.1. The second kappa shape index (κ2) is 4.58. The van der Waals surface area contributed by atoms with E-state index in [1.807, 2.05) is 13.8 Å². The highest BCUT2D eigenvalue weighted by molar-refractivity contribution is 5.82. The van der Waals surface area contributed by atoms with E-state index in [1.54, 1.807) is 0 Å². The van der Waals surface area contributed by atoms with Crippen molar-refractivity contribution in [3.63, 3.8) is 0 Å². The van der Waals surface area contributed by atoms with E-state index in [-0.39, 0.29) is 18.0 Å². The molecule has 70 valence electrons. The zero-order valence-electron chi connectivity index (χ0n) is 7.71. The van der Waals surface area contributed by atoms with E-state index in [2.05, 4.69) is 0 Å². The molecule has 2 atom stereocenters. The molecule has 1 saturated heterocycles. The topological polar surface area (TPSA) is 35.5 Å². The molecular weight excluding hydrogens is 156 g/mol. The van der Waals surface area contributed by atoms with Gasteiger partial charge in [-0.25, -0.2) is 0 Å². The highest BCUT2D eigenvalue weighted by Crippen LogP contribution is 2.11. The Morgan fingerprint density at radius 2 is 2.50 bits per heavy atom. The van der Waals surface area contributed by atoms with E-state index in [9.17, 15) is 4.79 Å². The van der Waals surface area contributed by atoms with Crippen LogP contribution in [0.2, 0.25) is 0 Å². The first kappa shape index (κ1) is 9.68. The molecule has 0 aromatic rings. The fourth-order valence-electron chi connectivity index (χ4n) is 1.27. The molecule has 1 aliphatic heterocycles. The van der Waals surface area contributed by atoms with Gasteiger partial charge >= 0.3 is 0 Å². The third-order valence-electron chi connectivity index (χ3n) is 2.09. The summed E-state index contributed by atoms with van der Waals surface area (Å²) in [6, 6.07) is 0. The van der Waals surface area contributed by atoms with Crippen molar-refractivity contribution < 1.29 is 14.3 Å². The van der Waals surface area contributed by atoms with E-state index < -0.39 is 0 Å². The van der Waals surface area contributed by atoms with Crippen molar-refractivity contribution >= 4 is 5.78 Å². The van der Waals surface area contributed by atoms with Crippen LogP contribution in [0.1, 0.15) is 26.7 Å². The van der Waals surface area contributed by atoms with Gasteiger partial charge in [0, 0.05) is 13.0 Å². The van der Waals surface area contributed by atoms with Crippen molar-refractivity contribution in [2.45, 2.75) is 38.9 Å². The van der Waals surface area contributed by atoms with Crippen LogP contribution in [0.25, 0.3) is 0 Å².